The maximum atomic E-state index is 12.6. The summed E-state index contributed by atoms with van der Waals surface area (Å²) in [4.78, 5) is 47.9. The summed E-state index contributed by atoms with van der Waals surface area (Å²) in [5.74, 6) is -1.45. The lowest BCUT2D eigenvalue weighted by Gasteiger charge is -2.32. The van der Waals surface area contributed by atoms with Gasteiger partial charge in [0.05, 0.1) is 12.6 Å². The summed E-state index contributed by atoms with van der Waals surface area (Å²) in [6.07, 6.45) is -0.996. The van der Waals surface area contributed by atoms with Crippen LogP contribution in [0.4, 0.5) is 0 Å². The minimum atomic E-state index is -0.996. The Hall–Kier alpha value is -3.51. The molecule has 0 radical (unpaired) electrons. The van der Waals surface area contributed by atoms with Gasteiger partial charge in [0.25, 0.3) is 24.1 Å². The Bertz CT molecular complexity index is 919. The first kappa shape index (κ1) is 22.8. The number of carboxylic acid groups (broad SMARTS) is 1. The molecule has 2 heterocycles. The quantitative estimate of drug-likeness (QED) is 0.454. The number of aromatic nitrogens is 2. The van der Waals surface area contributed by atoms with Gasteiger partial charge in [-0.3, -0.25) is 19.2 Å². The summed E-state index contributed by atoms with van der Waals surface area (Å²) in [5.41, 5.74) is 0.562. The van der Waals surface area contributed by atoms with Crippen LogP contribution in [0.15, 0.2) is 28.8 Å². The average Bonchev–Trinajstić information content (AvgIpc) is 3.21. The van der Waals surface area contributed by atoms with Crippen LogP contribution in [0.1, 0.15) is 28.1 Å². The molecule has 1 fully saturated rings. The molecular weight excluding hydrogens is 422 g/mol. The average molecular weight is 440 g/mol. The zero-order chi connectivity index (χ0) is 22.1. The first-order valence-corrected chi connectivity index (χ1v) is 8.84. The van der Waals surface area contributed by atoms with Gasteiger partial charge >= 0.3 is 0 Å². The van der Waals surface area contributed by atoms with Crippen LogP contribution >= 0.6 is 11.6 Å². The fourth-order valence-electron chi connectivity index (χ4n) is 2.54. The lowest BCUT2D eigenvalue weighted by atomic mass is 9.99. The molecule has 3 rings (SSSR count). The summed E-state index contributed by atoms with van der Waals surface area (Å²) in [5, 5.41) is 18.5. The van der Waals surface area contributed by atoms with Crippen molar-refractivity contribution in [2.24, 2.45) is 0 Å². The third-order valence-electron chi connectivity index (χ3n) is 3.82. The molecule has 2 atom stereocenters. The van der Waals surface area contributed by atoms with Crippen LogP contribution in [0.2, 0.25) is 5.02 Å². The van der Waals surface area contributed by atoms with Gasteiger partial charge in [-0.05, 0) is 11.6 Å². The third kappa shape index (κ3) is 5.75. The number of nitrogens with zero attached hydrogens (tertiary/aromatic N) is 2. The summed E-state index contributed by atoms with van der Waals surface area (Å²) >= 11 is 6.18. The minimum absolute atomic E-state index is 0.0519. The molecule has 12 nitrogen and oxygen atoms in total. The highest BCUT2D eigenvalue weighted by Crippen LogP contribution is 2.28. The van der Waals surface area contributed by atoms with E-state index >= 15 is 0 Å². The van der Waals surface area contributed by atoms with Gasteiger partial charge in [-0.1, -0.05) is 35.0 Å². The molecule has 0 aliphatic carbocycles. The van der Waals surface area contributed by atoms with Gasteiger partial charge in [0.15, 0.2) is 6.10 Å². The maximum absolute atomic E-state index is 12.6. The van der Waals surface area contributed by atoms with E-state index in [1.807, 2.05) is 0 Å². The Labute approximate surface area is 174 Å². The van der Waals surface area contributed by atoms with Crippen molar-refractivity contribution in [1.29, 1.82) is 0 Å². The molecule has 30 heavy (non-hydrogen) atoms. The normalized spacial score (nSPS) is 17.7. The molecule has 1 aliphatic heterocycles. The topological polar surface area (TPSA) is 173 Å². The van der Waals surface area contributed by atoms with E-state index in [0.29, 0.717) is 10.6 Å². The van der Waals surface area contributed by atoms with E-state index in [2.05, 4.69) is 26.1 Å². The summed E-state index contributed by atoms with van der Waals surface area (Å²) in [6, 6.07) is 6.10. The summed E-state index contributed by atoms with van der Waals surface area (Å²) in [7, 11) is 1.43. The minimum Gasteiger partial charge on any atom is -0.483 e. The molecule has 1 aromatic heterocycles. The standard InChI is InChI=1S/C16H16ClN5O5.CH2O2/c1-18-16(25)14-21-11(27-22-14)6-19-15(24)13-12(20-10(23)7-26-13)8-4-2-3-5-9(8)17;2-1-3/h2-5,12-13H,6-7H2,1H3,(H,18,25)(H,19,24)(H,20,23);1H,(H,2,3)/t12-,13+;/m1./s1. The molecule has 13 heteroatoms. The molecule has 160 valence electrons. The molecule has 2 aromatic rings. The number of benzene rings is 1. The van der Waals surface area contributed by atoms with Gasteiger partial charge in [-0.15, -0.1) is 0 Å². The van der Waals surface area contributed by atoms with E-state index in [0.717, 1.165) is 0 Å². The second-order valence-electron chi connectivity index (χ2n) is 5.71. The van der Waals surface area contributed by atoms with Crippen LogP contribution in [0.25, 0.3) is 0 Å². The molecule has 3 amide bonds. The molecular formula is C17H18ClN5O7. The number of hydrogen-bond donors (Lipinski definition) is 4. The number of ether oxygens (including phenoxy) is 1. The lowest BCUT2D eigenvalue weighted by molar-refractivity contribution is -0.148. The van der Waals surface area contributed by atoms with E-state index in [9.17, 15) is 14.4 Å². The van der Waals surface area contributed by atoms with Crippen molar-refractivity contribution in [3.05, 3.63) is 46.6 Å². The first-order valence-electron chi connectivity index (χ1n) is 8.46. The third-order valence-corrected chi connectivity index (χ3v) is 4.17. The van der Waals surface area contributed by atoms with Crippen LogP contribution in [0, 0.1) is 0 Å². The van der Waals surface area contributed by atoms with Crippen molar-refractivity contribution in [1.82, 2.24) is 26.1 Å². The molecule has 1 saturated heterocycles. The van der Waals surface area contributed by atoms with Gasteiger partial charge in [0, 0.05) is 12.1 Å². The molecule has 1 aromatic carbocycles. The number of amides is 3. The van der Waals surface area contributed by atoms with Crippen molar-refractivity contribution in [3.63, 3.8) is 0 Å². The van der Waals surface area contributed by atoms with E-state index in [4.69, 9.17) is 30.8 Å². The number of halogens is 1. The van der Waals surface area contributed by atoms with E-state index in [1.165, 1.54) is 7.05 Å². The SMILES string of the molecule is CNC(=O)c1noc(CNC(=O)[C@H]2OCC(=O)N[C@@H]2c2ccccc2Cl)n1.O=CO. The van der Waals surface area contributed by atoms with E-state index < -0.39 is 24.0 Å². The summed E-state index contributed by atoms with van der Waals surface area (Å²) in [6.45, 7) is -0.605. The fraction of sp³-hybridized carbons (Fsp3) is 0.294. The predicted octanol–water partition coefficient (Wildman–Crippen LogP) is -0.344. The number of carbonyl (C=O) groups excluding carboxylic acids is 3. The van der Waals surface area contributed by atoms with Crippen LogP contribution in [-0.2, 0) is 25.7 Å². The highest BCUT2D eigenvalue weighted by Gasteiger charge is 2.37. The zero-order valence-corrected chi connectivity index (χ0v) is 16.4. The van der Waals surface area contributed by atoms with Crippen LogP contribution in [-0.4, -0.2) is 59.2 Å². The first-order chi connectivity index (χ1) is 14.4. The number of nitrogens with one attached hydrogen (secondary N) is 3. The molecule has 0 bridgehead atoms. The van der Waals surface area contributed by atoms with Crippen molar-refractivity contribution < 1.29 is 33.5 Å². The van der Waals surface area contributed by atoms with Crippen LogP contribution in [0.5, 0.6) is 0 Å². The van der Waals surface area contributed by atoms with E-state index in [-0.39, 0.29) is 37.2 Å². The Morgan fingerprint density at radius 3 is 2.77 bits per heavy atom. The van der Waals surface area contributed by atoms with Crippen LogP contribution < -0.4 is 16.0 Å². The van der Waals surface area contributed by atoms with Crippen molar-refractivity contribution in [2.75, 3.05) is 13.7 Å². The second-order valence-corrected chi connectivity index (χ2v) is 6.12. The number of rotatable bonds is 5. The highest BCUT2D eigenvalue weighted by atomic mass is 35.5. The number of carbonyl (C=O) groups is 4. The Morgan fingerprint density at radius 1 is 1.40 bits per heavy atom. The highest BCUT2D eigenvalue weighted by molar-refractivity contribution is 6.31. The van der Waals surface area contributed by atoms with Gasteiger partial charge in [0.2, 0.25) is 11.8 Å². The predicted molar refractivity (Wildman–Crippen MR) is 100 cm³/mol. The molecule has 0 spiro atoms. The Morgan fingerprint density at radius 2 is 2.10 bits per heavy atom. The largest absolute Gasteiger partial charge is 0.483 e. The number of morpholine rings is 1. The Balaban J connectivity index is 0.00000101. The molecule has 4 N–H and O–H groups in total. The molecule has 0 unspecified atom stereocenters. The molecule has 0 saturated carbocycles. The zero-order valence-electron chi connectivity index (χ0n) is 15.6. The second kappa shape index (κ2) is 10.9. The number of hydrogen-bond acceptors (Lipinski definition) is 8. The van der Waals surface area contributed by atoms with Crippen molar-refractivity contribution >= 4 is 35.8 Å². The fourth-order valence-corrected chi connectivity index (χ4v) is 2.80. The summed E-state index contributed by atoms with van der Waals surface area (Å²) < 4.78 is 10.3. The molecule has 1 aliphatic rings. The van der Waals surface area contributed by atoms with Crippen molar-refractivity contribution in [2.45, 2.75) is 18.7 Å². The smallest absolute Gasteiger partial charge is 0.292 e. The van der Waals surface area contributed by atoms with Gasteiger partial charge < -0.3 is 30.3 Å². The lowest BCUT2D eigenvalue weighted by Crippen LogP contribution is -2.52. The maximum Gasteiger partial charge on any atom is 0.292 e. The Kier molecular flexibility index (Phi) is 8.26. The van der Waals surface area contributed by atoms with Gasteiger partial charge in [0.1, 0.15) is 6.61 Å². The van der Waals surface area contributed by atoms with Gasteiger partial charge in [-0.25, -0.2) is 0 Å². The van der Waals surface area contributed by atoms with E-state index in [1.54, 1.807) is 24.3 Å². The van der Waals surface area contributed by atoms with Crippen LogP contribution in [0.3, 0.4) is 0 Å². The van der Waals surface area contributed by atoms with Crippen molar-refractivity contribution in [3.8, 4) is 0 Å². The van der Waals surface area contributed by atoms with Gasteiger partial charge in [-0.2, -0.15) is 4.98 Å². The monoisotopic (exact) mass is 439 g/mol.